The second kappa shape index (κ2) is 6.13. The van der Waals surface area contributed by atoms with E-state index in [2.05, 4.69) is 20.1 Å². The van der Waals surface area contributed by atoms with E-state index in [0.717, 1.165) is 0 Å². The number of aryl methyl sites for hydroxylation is 1. The van der Waals surface area contributed by atoms with Crippen molar-refractivity contribution in [3.8, 4) is 6.01 Å². The summed E-state index contributed by atoms with van der Waals surface area (Å²) >= 11 is 1.40. The van der Waals surface area contributed by atoms with Crippen molar-refractivity contribution in [2.45, 2.75) is 20.3 Å². The predicted molar refractivity (Wildman–Crippen MR) is 85.2 cm³/mol. The summed E-state index contributed by atoms with van der Waals surface area (Å²) < 4.78 is 4.98. The number of rotatable bonds is 4. The summed E-state index contributed by atoms with van der Waals surface area (Å²) in [4.78, 5) is 39.3. The Morgan fingerprint density at radius 3 is 3.00 bits per heavy atom. The maximum Gasteiger partial charge on any atom is 0.337 e. The molecule has 0 unspecified atom stereocenters. The van der Waals surface area contributed by atoms with Gasteiger partial charge in [-0.15, -0.1) is 11.3 Å². The van der Waals surface area contributed by atoms with Crippen molar-refractivity contribution < 1.29 is 9.25 Å². The van der Waals surface area contributed by atoms with Gasteiger partial charge in [0.05, 0.1) is 0 Å². The zero-order chi connectivity index (χ0) is 16.4. The Balaban J connectivity index is 2.02. The van der Waals surface area contributed by atoms with E-state index in [1.807, 2.05) is 12.3 Å². The summed E-state index contributed by atoms with van der Waals surface area (Å²) in [5.74, 6) is 0. The number of nitrogens with zero attached hydrogens (tertiary/aromatic N) is 3. The van der Waals surface area contributed by atoms with Crippen molar-refractivity contribution in [3.05, 3.63) is 49.0 Å². The highest BCUT2D eigenvalue weighted by atomic mass is 32.1. The van der Waals surface area contributed by atoms with Crippen LogP contribution >= 0.6 is 11.3 Å². The van der Waals surface area contributed by atoms with E-state index in [9.17, 15) is 9.59 Å². The molecule has 0 amide bonds. The molecule has 9 heteroatoms. The van der Waals surface area contributed by atoms with Gasteiger partial charge < -0.3 is 9.25 Å². The number of oxime groups is 1. The van der Waals surface area contributed by atoms with Gasteiger partial charge in [-0.1, -0.05) is 12.1 Å². The van der Waals surface area contributed by atoms with Gasteiger partial charge in [0.2, 0.25) is 5.71 Å². The number of H-pyrrole nitrogens is 1. The summed E-state index contributed by atoms with van der Waals surface area (Å²) in [6.45, 7) is 3.55. The zero-order valence-electron chi connectivity index (χ0n) is 12.3. The molecule has 0 aliphatic rings. The van der Waals surface area contributed by atoms with Crippen LogP contribution in [0.3, 0.4) is 0 Å². The van der Waals surface area contributed by atoms with Crippen LogP contribution in [0.2, 0.25) is 0 Å². The van der Waals surface area contributed by atoms with E-state index < -0.39 is 11.2 Å². The number of hydrogen-bond acceptors (Lipinski definition) is 8. The standard InChI is InChI=1S/C14H12N4O4S/c1-3-8-6-9(19)21-12-10(8)11(20)16-14(17-12)22-18-7(2)13-15-4-5-23-13/h4-6H,3H2,1-2H3,(H,16,17,20)/b18-7+. The minimum absolute atomic E-state index is 0.0739. The molecule has 3 heterocycles. The number of aromatic nitrogens is 3. The van der Waals surface area contributed by atoms with Crippen molar-refractivity contribution in [2.24, 2.45) is 5.16 Å². The molecule has 0 spiro atoms. The smallest absolute Gasteiger partial charge is 0.337 e. The fourth-order valence-electron chi connectivity index (χ4n) is 2.00. The highest BCUT2D eigenvalue weighted by Crippen LogP contribution is 2.14. The van der Waals surface area contributed by atoms with Crippen LogP contribution in [0, 0.1) is 0 Å². The molecule has 0 aliphatic heterocycles. The minimum atomic E-state index is -0.569. The van der Waals surface area contributed by atoms with Gasteiger partial charge in [0, 0.05) is 17.6 Å². The largest absolute Gasteiger partial charge is 0.403 e. The lowest BCUT2D eigenvalue weighted by atomic mass is 10.1. The Morgan fingerprint density at radius 2 is 2.30 bits per heavy atom. The van der Waals surface area contributed by atoms with E-state index in [4.69, 9.17) is 9.25 Å². The third-order valence-electron chi connectivity index (χ3n) is 3.07. The maximum atomic E-state index is 12.2. The van der Waals surface area contributed by atoms with Crippen LogP contribution in [0.4, 0.5) is 0 Å². The highest BCUT2D eigenvalue weighted by Gasteiger charge is 2.12. The van der Waals surface area contributed by atoms with Crippen LogP contribution in [0.15, 0.2) is 36.8 Å². The molecule has 1 N–H and O–H groups in total. The van der Waals surface area contributed by atoms with Crippen molar-refractivity contribution in [1.82, 2.24) is 15.0 Å². The van der Waals surface area contributed by atoms with Gasteiger partial charge in [-0.25, -0.2) is 9.78 Å². The monoisotopic (exact) mass is 332 g/mol. The van der Waals surface area contributed by atoms with Crippen LogP contribution < -0.4 is 16.0 Å². The first kappa shape index (κ1) is 15.1. The third kappa shape index (κ3) is 3.04. The van der Waals surface area contributed by atoms with Crippen LogP contribution in [-0.2, 0) is 6.42 Å². The van der Waals surface area contributed by atoms with Gasteiger partial charge in [-0.05, 0) is 18.9 Å². The molecule has 0 saturated heterocycles. The van der Waals surface area contributed by atoms with E-state index >= 15 is 0 Å². The van der Waals surface area contributed by atoms with E-state index in [1.165, 1.54) is 17.4 Å². The normalized spacial score (nSPS) is 11.8. The molecule has 3 rings (SSSR count). The average Bonchev–Trinajstić information content (AvgIpc) is 3.05. The van der Waals surface area contributed by atoms with E-state index in [0.29, 0.717) is 22.7 Å². The van der Waals surface area contributed by atoms with Gasteiger partial charge >= 0.3 is 11.6 Å². The molecule has 118 valence electrons. The SMILES string of the molecule is CCc1cc(=O)oc2nc(O/N=C(\C)c3nccs3)[nH]c(=O)c12. The third-order valence-corrected chi connectivity index (χ3v) is 3.95. The van der Waals surface area contributed by atoms with Gasteiger partial charge in [-0.3, -0.25) is 9.78 Å². The summed E-state index contributed by atoms with van der Waals surface area (Å²) in [7, 11) is 0. The molecule has 0 saturated carbocycles. The summed E-state index contributed by atoms with van der Waals surface area (Å²) in [6.07, 6.45) is 2.16. The summed E-state index contributed by atoms with van der Waals surface area (Å²) in [5.41, 5.74) is 0.00861. The first-order valence-corrected chi connectivity index (χ1v) is 7.65. The van der Waals surface area contributed by atoms with Crippen molar-refractivity contribution >= 4 is 28.1 Å². The molecular formula is C14H12N4O4S. The average molecular weight is 332 g/mol. The Morgan fingerprint density at radius 1 is 1.48 bits per heavy atom. The molecular weight excluding hydrogens is 320 g/mol. The second-order valence-corrected chi connectivity index (χ2v) is 5.50. The number of hydrogen-bond donors (Lipinski definition) is 1. The van der Waals surface area contributed by atoms with Gasteiger partial charge in [0.15, 0.2) is 0 Å². The Labute approximate surface area is 133 Å². The summed E-state index contributed by atoms with van der Waals surface area (Å²) in [6, 6.07) is 1.12. The predicted octanol–water partition coefficient (Wildman–Crippen LogP) is 1.70. The van der Waals surface area contributed by atoms with Gasteiger partial charge in [0.25, 0.3) is 5.56 Å². The molecule has 0 radical (unpaired) electrons. The second-order valence-electron chi connectivity index (χ2n) is 4.60. The number of nitrogens with one attached hydrogen (secondary N) is 1. The highest BCUT2D eigenvalue weighted by molar-refractivity contribution is 7.11. The van der Waals surface area contributed by atoms with Crippen molar-refractivity contribution in [1.29, 1.82) is 0 Å². The van der Waals surface area contributed by atoms with Crippen molar-refractivity contribution in [3.63, 3.8) is 0 Å². The molecule has 3 aromatic rings. The first-order valence-electron chi connectivity index (χ1n) is 6.77. The fraction of sp³-hybridized carbons (Fsp3) is 0.214. The Bertz CT molecular complexity index is 988. The molecule has 0 bridgehead atoms. The quantitative estimate of drug-likeness (QED) is 0.575. The molecule has 0 aromatic carbocycles. The van der Waals surface area contributed by atoms with E-state index in [-0.39, 0.29) is 17.1 Å². The zero-order valence-corrected chi connectivity index (χ0v) is 13.1. The number of fused-ring (bicyclic) bond motifs is 1. The number of aromatic amines is 1. The minimum Gasteiger partial charge on any atom is -0.403 e. The van der Waals surface area contributed by atoms with Gasteiger partial charge in [-0.2, -0.15) is 4.98 Å². The topological polar surface area (TPSA) is 110 Å². The van der Waals surface area contributed by atoms with Crippen LogP contribution in [-0.4, -0.2) is 20.7 Å². The molecule has 23 heavy (non-hydrogen) atoms. The lowest BCUT2D eigenvalue weighted by molar-refractivity contribution is 0.311. The Hall–Kier alpha value is -2.81. The molecule has 0 aliphatic carbocycles. The maximum absolute atomic E-state index is 12.2. The van der Waals surface area contributed by atoms with Crippen LogP contribution in [0.5, 0.6) is 6.01 Å². The van der Waals surface area contributed by atoms with Crippen LogP contribution in [0.25, 0.3) is 11.1 Å². The fourth-order valence-corrected chi connectivity index (χ4v) is 2.58. The number of thiazole rings is 1. The lowest BCUT2D eigenvalue weighted by Gasteiger charge is -2.03. The van der Waals surface area contributed by atoms with E-state index in [1.54, 1.807) is 13.1 Å². The molecule has 0 atom stereocenters. The lowest BCUT2D eigenvalue weighted by Crippen LogP contribution is -2.14. The molecule has 0 fully saturated rings. The first-order chi connectivity index (χ1) is 11.1. The van der Waals surface area contributed by atoms with Gasteiger partial charge in [0.1, 0.15) is 16.1 Å². The van der Waals surface area contributed by atoms with Crippen LogP contribution in [0.1, 0.15) is 24.4 Å². The molecule has 8 nitrogen and oxygen atoms in total. The summed E-state index contributed by atoms with van der Waals surface area (Å²) in [5, 5.41) is 6.60. The van der Waals surface area contributed by atoms with Crippen molar-refractivity contribution in [2.75, 3.05) is 0 Å². The Kier molecular flexibility index (Phi) is 4.02. The molecule has 3 aromatic heterocycles.